The molecule has 0 spiro atoms. The van der Waals surface area contributed by atoms with E-state index in [9.17, 15) is 13.6 Å². The molecule has 2 rings (SSSR count). The summed E-state index contributed by atoms with van der Waals surface area (Å²) in [6.45, 7) is 1.34. The van der Waals surface area contributed by atoms with Crippen molar-refractivity contribution in [2.75, 3.05) is 40.4 Å². The smallest absolute Gasteiger partial charge is 0.343 e. The predicted octanol–water partition coefficient (Wildman–Crippen LogP) is 1.09. The first-order chi connectivity index (χ1) is 10.5. The van der Waals surface area contributed by atoms with Crippen molar-refractivity contribution < 1.29 is 23.0 Å². The second-order valence-corrected chi connectivity index (χ2v) is 4.94. The van der Waals surface area contributed by atoms with Gasteiger partial charge in [0.15, 0.2) is 0 Å². The zero-order valence-corrected chi connectivity index (χ0v) is 12.5. The SMILES string of the molecule is COC(=O)c1ccc(C2CN(CC(F)F)CCN2)nc1OC. The molecule has 0 aliphatic carbocycles. The number of rotatable bonds is 5. The molecule has 122 valence electrons. The number of hydrogen-bond acceptors (Lipinski definition) is 6. The van der Waals surface area contributed by atoms with E-state index in [0.29, 0.717) is 25.3 Å². The number of hydrogen-bond donors (Lipinski definition) is 1. The van der Waals surface area contributed by atoms with Gasteiger partial charge in [-0.05, 0) is 12.1 Å². The molecule has 2 heterocycles. The van der Waals surface area contributed by atoms with Crippen LogP contribution in [0.2, 0.25) is 0 Å². The first-order valence-electron chi connectivity index (χ1n) is 6.92. The van der Waals surface area contributed by atoms with E-state index >= 15 is 0 Å². The third-order valence-corrected chi connectivity index (χ3v) is 3.49. The standard InChI is InChI=1S/C14H19F2N3O3/c1-21-13-9(14(20)22-2)3-4-10(18-13)11-7-19(6-5-17-11)8-12(15)16/h3-4,11-12,17H,5-8H2,1-2H3. The summed E-state index contributed by atoms with van der Waals surface area (Å²) in [7, 11) is 2.69. The molecule has 1 aromatic heterocycles. The van der Waals surface area contributed by atoms with Crippen LogP contribution >= 0.6 is 0 Å². The largest absolute Gasteiger partial charge is 0.480 e. The Balaban J connectivity index is 2.16. The number of nitrogens with one attached hydrogen (secondary N) is 1. The zero-order chi connectivity index (χ0) is 16.1. The van der Waals surface area contributed by atoms with Gasteiger partial charge in [0.05, 0.1) is 32.5 Å². The van der Waals surface area contributed by atoms with Crippen molar-refractivity contribution in [3.63, 3.8) is 0 Å². The van der Waals surface area contributed by atoms with E-state index in [0.717, 1.165) is 0 Å². The van der Waals surface area contributed by atoms with Gasteiger partial charge in [-0.15, -0.1) is 0 Å². The summed E-state index contributed by atoms with van der Waals surface area (Å²) >= 11 is 0. The molecule has 0 saturated carbocycles. The average molecular weight is 315 g/mol. The first kappa shape index (κ1) is 16.6. The Labute approximate surface area is 127 Å². The van der Waals surface area contributed by atoms with E-state index in [1.165, 1.54) is 14.2 Å². The Morgan fingerprint density at radius 2 is 2.27 bits per heavy atom. The summed E-state index contributed by atoms with van der Waals surface area (Å²) in [5.74, 6) is -0.371. The zero-order valence-electron chi connectivity index (χ0n) is 12.5. The van der Waals surface area contributed by atoms with Crippen LogP contribution in [-0.2, 0) is 4.74 Å². The average Bonchev–Trinajstić information content (AvgIpc) is 2.53. The third kappa shape index (κ3) is 3.89. The molecule has 0 aromatic carbocycles. The van der Waals surface area contributed by atoms with E-state index in [4.69, 9.17) is 4.74 Å². The number of halogens is 2. The molecule has 1 saturated heterocycles. The van der Waals surface area contributed by atoms with Crippen LogP contribution in [0.15, 0.2) is 12.1 Å². The highest BCUT2D eigenvalue weighted by Crippen LogP contribution is 2.22. The van der Waals surface area contributed by atoms with Gasteiger partial charge in [-0.1, -0.05) is 0 Å². The molecule has 1 aliphatic rings. The van der Waals surface area contributed by atoms with Crippen molar-refractivity contribution in [2.45, 2.75) is 12.5 Å². The van der Waals surface area contributed by atoms with Gasteiger partial charge >= 0.3 is 5.97 Å². The van der Waals surface area contributed by atoms with Gasteiger partial charge in [0, 0.05) is 19.6 Å². The Kier molecular flexibility index (Phi) is 5.62. The molecule has 1 aliphatic heterocycles. The number of alkyl halides is 2. The van der Waals surface area contributed by atoms with Gasteiger partial charge < -0.3 is 14.8 Å². The van der Waals surface area contributed by atoms with Gasteiger partial charge in [0.2, 0.25) is 5.88 Å². The van der Waals surface area contributed by atoms with Gasteiger partial charge in [-0.3, -0.25) is 4.90 Å². The molecule has 1 aromatic rings. The normalized spacial score (nSPS) is 19.2. The topological polar surface area (TPSA) is 63.7 Å². The summed E-state index contributed by atoms with van der Waals surface area (Å²) in [4.78, 5) is 17.6. The molecule has 0 radical (unpaired) electrons. The fourth-order valence-electron chi connectivity index (χ4n) is 2.44. The lowest BCUT2D eigenvalue weighted by molar-refractivity contribution is 0.0595. The number of ether oxygens (including phenoxy) is 2. The minimum absolute atomic E-state index is 0.164. The molecule has 22 heavy (non-hydrogen) atoms. The Hall–Kier alpha value is -1.80. The molecule has 0 bridgehead atoms. The monoisotopic (exact) mass is 315 g/mol. The van der Waals surface area contributed by atoms with E-state index < -0.39 is 12.4 Å². The van der Waals surface area contributed by atoms with Crippen LogP contribution in [0, 0.1) is 0 Å². The predicted molar refractivity (Wildman–Crippen MR) is 75.3 cm³/mol. The van der Waals surface area contributed by atoms with Gasteiger partial charge in [0.1, 0.15) is 5.56 Å². The molecule has 0 amide bonds. The summed E-state index contributed by atoms with van der Waals surface area (Å²) < 4.78 is 34.8. The highest BCUT2D eigenvalue weighted by atomic mass is 19.3. The maximum absolute atomic E-state index is 12.5. The van der Waals surface area contributed by atoms with E-state index in [1.807, 2.05) is 0 Å². The van der Waals surface area contributed by atoms with E-state index in [2.05, 4.69) is 15.0 Å². The van der Waals surface area contributed by atoms with Crippen molar-refractivity contribution in [3.8, 4) is 5.88 Å². The lowest BCUT2D eigenvalue weighted by Gasteiger charge is -2.33. The van der Waals surface area contributed by atoms with Crippen LogP contribution in [0.3, 0.4) is 0 Å². The van der Waals surface area contributed by atoms with Gasteiger partial charge in [0.25, 0.3) is 6.43 Å². The molecule has 1 unspecified atom stereocenters. The second kappa shape index (κ2) is 7.46. The number of aromatic nitrogens is 1. The summed E-state index contributed by atoms with van der Waals surface area (Å²) in [5, 5.41) is 3.23. The van der Waals surface area contributed by atoms with Crippen LogP contribution in [0.5, 0.6) is 5.88 Å². The second-order valence-electron chi connectivity index (χ2n) is 4.94. The number of esters is 1. The Morgan fingerprint density at radius 1 is 1.50 bits per heavy atom. The quantitative estimate of drug-likeness (QED) is 0.821. The molecule has 1 atom stereocenters. The Bertz CT molecular complexity index is 528. The van der Waals surface area contributed by atoms with Crippen molar-refractivity contribution in [1.29, 1.82) is 0 Å². The van der Waals surface area contributed by atoms with Crippen LogP contribution < -0.4 is 10.1 Å². The first-order valence-corrected chi connectivity index (χ1v) is 6.92. The van der Waals surface area contributed by atoms with Crippen molar-refractivity contribution in [1.82, 2.24) is 15.2 Å². The highest BCUT2D eigenvalue weighted by molar-refractivity contribution is 5.91. The molecule has 1 fully saturated rings. The fraction of sp³-hybridized carbons (Fsp3) is 0.571. The van der Waals surface area contributed by atoms with E-state index in [-0.39, 0.29) is 24.0 Å². The van der Waals surface area contributed by atoms with Crippen LogP contribution in [0.1, 0.15) is 22.1 Å². The van der Waals surface area contributed by atoms with Crippen LogP contribution in [0.25, 0.3) is 0 Å². The van der Waals surface area contributed by atoms with Crippen LogP contribution in [-0.4, -0.2) is 62.7 Å². The number of nitrogens with zero attached hydrogens (tertiary/aromatic N) is 2. The van der Waals surface area contributed by atoms with Gasteiger partial charge in [-0.2, -0.15) is 0 Å². The molecular formula is C14H19F2N3O3. The summed E-state index contributed by atoms with van der Waals surface area (Å²) in [5.41, 5.74) is 0.873. The minimum Gasteiger partial charge on any atom is -0.480 e. The molecule has 1 N–H and O–H groups in total. The molecule has 6 nitrogen and oxygen atoms in total. The number of carbonyl (C=O) groups excluding carboxylic acids is 1. The third-order valence-electron chi connectivity index (χ3n) is 3.49. The maximum atomic E-state index is 12.5. The summed E-state index contributed by atoms with van der Waals surface area (Å²) in [6, 6.07) is 3.06. The highest BCUT2D eigenvalue weighted by Gasteiger charge is 2.25. The minimum atomic E-state index is -2.36. The number of pyridine rings is 1. The lowest BCUT2D eigenvalue weighted by atomic mass is 10.1. The van der Waals surface area contributed by atoms with Crippen LogP contribution in [0.4, 0.5) is 8.78 Å². The molecular weight excluding hydrogens is 296 g/mol. The lowest BCUT2D eigenvalue weighted by Crippen LogP contribution is -2.47. The van der Waals surface area contributed by atoms with Crippen molar-refractivity contribution >= 4 is 5.97 Å². The number of methoxy groups -OCH3 is 2. The summed E-state index contributed by atoms with van der Waals surface area (Å²) in [6.07, 6.45) is -2.36. The number of carbonyl (C=O) groups is 1. The van der Waals surface area contributed by atoms with Crippen molar-refractivity contribution in [2.24, 2.45) is 0 Å². The fourth-order valence-corrected chi connectivity index (χ4v) is 2.44. The van der Waals surface area contributed by atoms with Gasteiger partial charge in [-0.25, -0.2) is 18.6 Å². The molecule has 8 heteroatoms. The van der Waals surface area contributed by atoms with E-state index in [1.54, 1.807) is 17.0 Å². The van der Waals surface area contributed by atoms with Crippen molar-refractivity contribution in [3.05, 3.63) is 23.4 Å². The maximum Gasteiger partial charge on any atom is 0.343 e. The number of piperazine rings is 1. The Morgan fingerprint density at radius 3 is 2.91 bits per heavy atom.